The molecule has 2 aromatic rings. The van der Waals surface area contributed by atoms with Crippen LogP contribution in [0.2, 0.25) is 10.0 Å². The maximum atomic E-state index is 12.5. The molecule has 1 aliphatic heterocycles. The van der Waals surface area contributed by atoms with Crippen LogP contribution in [0.5, 0.6) is 0 Å². The summed E-state index contributed by atoms with van der Waals surface area (Å²) in [7, 11) is 0. The molecule has 0 bridgehead atoms. The van der Waals surface area contributed by atoms with Gasteiger partial charge in [-0.05, 0) is 37.6 Å². The quantitative estimate of drug-likeness (QED) is 0.934. The van der Waals surface area contributed by atoms with Crippen LogP contribution in [0.15, 0.2) is 30.5 Å². The van der Waals surface area contributed by atoms with Crippen molar-refractivity contribution in [2.75, 3.05) is 16.8 Å². The molecular formula is C15H14Cl2N4O. The molecule has 0 radical (unpaired) electrons. The number of anilines is 2. The second-order valence-electron chi connectivity index (χ2n) is 5.10. The third-order valence-electron chi connectivity index (χ3n) is 3.52. The highest BCUT2D eigenvalue weighted by atomic mass is 35.5. The zero-order valence-electron chi connectivity index (χ0n) is 11.9. The van der Waals surface area contributed by atoms with Crippen molar-refractivity contribution in [1.29, 1.82) is 0 Å². The summed E-state index contributed by atoms with van der Waals surface area (Å²) in [6.07, 6.45) is 2.34. The number of benzene rings is 1. The average Bonchev–Trinajstić information content (AvgIpc) is 2.83. The predicted octanol–water partition coefficient (Wildman–Crippen LogP) is 3.31. The minimum absolute atomic E-state index is 0.0245. The van der Waals surface area contributed by atoms with Crippen LogP contribution in [0.1, 0.15) is 12.1 Å². The van der Waals surface area contributed by atoms with E-state index in [-0.39, 0.29) is 11.9 Å². The lowest BCUT2D eigenvalue weighted by atomic mass is 10.2. The van der Waals surface area contributed by atoms with E-state index in [0.29, 0.717) is 29.0 Å². The molecule has 0 spiro atoms. The minimum Gasteiger partial charge on any atom is -0.342 e. The summed E-state index contributed by atoms with van der Waals surface area (Å²) in [5.41, 5.74) is 1.60. The fraction of sp³-hybridized carbons (Fsp3) is 0.267. The minimum atomic E-state index is -0.337. The zero-order valence-corrected chi connectivity index (χ0v) is 13.4. The number of hydrogen-bond donors (Lipinski definition) is 1. The van der Waals surface area contributed by atoms with Gasteiger partial charge in [0.05, 0.1) is 10.0 Å². The van der Waals surface area contributed by atoms with Crippen LogP contribution in [-0.2, 0) is 4.79 Å². The van der Waals surface area contributed by atoms with Gasteiger partial charge in [0, 0.05) is 24.1 Å². The third-order valence-corrected chi connectivity index (χ3v) is 4.26. The van der Waals surface area contributed by atoms with Crippen molar-refractivity contribution in [3.05, 3.63) is 46.2 Å². The first-order chi connectivity index (χ1) is 10.5. The second kappa shape index (κ2) is 6.10. The Bertz CT molecular complexity index is 722. The van der Waals surface area contributed by atoms with Gasteiger partial charge in [-0.2, -0.15) is 0 Å². The Morgan fingerprint density at radius 2 is 2.09 bits per heavy atom. The summed E-state index contributed by atoms with van der Waals surface area (Å²) in [6, 6.07) is 6.65. The van der Waals surface area contributed by atoms with Crippen molar-refractivity contribution >= 4 is 40.7 Å². The number of nitrogens with one attached hydrogen (secondary N) is 1. The molecule has 0 aliphatic carbocycles. The van der Waals surface area contributed by atoms with Crippen LogP contribution < -0.4 is 10.2 Å². The zero-order chi connectivity index (χ0) is 15.7. The van der Waals surface area contributed by atoms with E-state index in [4.69, 9.17) is 23.2 Å². The molecule has 5 nitrogen and oxygen atoms in total. The first-order valence-electron chi connectivity index (χ1n) is 6.87. The van der Waals surface area contributed by atoms with E-state index >= 15 is 0 Å². The van der Waals surface area contributed by atoms with Crippen molar-refractivity contribution < 1.29 is 4.79 Å². The monoisotopic (exact) mass is 336 g/mol. The summed E-state index contributed by atoms with van der Waals surface area (Å²) >= 11 is 11.9. The fourth-order valence-corrected chi connectivity index (χ4v) is 2.69. The Hall–Kier alpha value is -1.85. The molecule has 1 saturated heterocycles. The number of carbonyl (C=O) groups is 1. The molecule has 22 heavy (non-hydrogen) atoms. The van der Waals surface area contributed by atoms with E-state index in [0.717, 1.165) is 11.4 Å². The Kier molecular flexibility index (Phi) is 4.18. The van der Waals surface area contributed by atoms with E-state index in [9.17, 15) is 4.79 Å². The smallest absolute Gasteiger partial charge is 0.249 e. The van der Waals surface area contributed by atoms with Gasteiger partial charge in [-0.1, -0.05) is 23.2 Å². The van der Waals surface area contributed by atoms with Crippen LogP contribution in [0.4, 0.5) is 11.6 Å². The van der Waals surface area contributed by atoms with E-state index in [1.807, 2.05) is 13.0 Å². The van der Waals surface area contributed by atoms with Gasteiger partial charge >= 0.3 is 0 Å². The van der Waals surface area contributed by atoms with Gasteiger partial charge in [0.1, 0.15) is 6.04 Å². The Balaban J connectivity index is 1.75. The number of halogens is 2. The SMILES string of the molecule is Cc1ccnc(NC2CCN(c3ccc(Cl)c(Cl)c3)C2=O)n1. The van der Waals surface area contributed by atoms with E-state index in [1.54, 1.807) is 29.3 Å². The van der Waals surface area contributed by atoms with E-state index in [2.05, 4.69) is 15.3 Å². The molecule has 3 rings (SSSR count). The van der Waals surface area contributed by atoms with Gasteiger partial charge in [0.25, 0.3) is 0 Å². The van der Waals surface area contributed by atoms with Gasteiger partial charge in [0.15, 0.2) is 0 Å². The molecule has 114 valence electrons. The molecule has 1 N–H and O–H groups in total. The van der Waals surface area contributed by atoms with E-state index in [1.165, 1.54) is 0 Å². The third kappa shape index (κ3) is 3.00. The van der Waals surface area contributed by atoms with Crippen molar-refractivity contribution in [3.63, 3.8) is 0 Å². The van der Waals surface area contributed by atoms with Gasteiger partial charge in [-0.3, -0.25) is 4.79 Å². The summed E-state index contributed by atoms with van der Waals surface area (Å²) in [6.45, 7) is 2.49. The van der Waals surface area contributed by atoms with Crippen molar-refractivity contribution in [3.8, 4) is 0 Å². The molecule has 2 heterocycles. The average molecular weight is 337 g/mol. The molecular weight excluding hydrogens is 323 g/mol. The summed E-state index contributed by atoms with van der Waals surface area (Å²) in [4.78, 5) is 22.6. The lowest BCUT2D eigenvalue weighted by molar-refractivity contribution is -0.117. The number of rotatable bonds is 3. The predicted molar refractivity (Wildman–Crippen MR) is 87.6 cm³/mol. The fourth-order valence-electron chi connectivity index (χ4n) is 2.40. The molecule has 1 aliphatic rings. The molecule has 0 saturated carbocycles. The standard InChI is InChI=1S/C15H14Cl2N4O/c1-9-4-6-18-15(19-9)20-13-5-7-21(14(13)22)10-2-3-11(16)12(17)8-10/h2-4,6,8,13H,5,7H2,1H3,(H,18,19,20). The number of carbonyl (C=O) groups excluding carboxylic acids is 1. The van der Waals surface area contributed by atoms with Crippen molar-refractivity contribution in [2.45, 2.75) is 19.4 Å². The van der Waals surface area contributed by atoms with E-state index < -0.39 is 0 Å². The number of nitrogens with zero attached hydrogens (tertiary/aromatic N) is 3. The molecule has 1 aromatic heterocycles. The lowest BCUT2D eigenvalue weighted by Gasteiger charge is -2.17. The van der Waals surface area contributed by atoms with Crippen molar-refractivity contribution in [1.82, 2.24) is 9.97 Å². The molecule has 1 atom stereocenters. The van der Waals surface area contributed by atoms with Gasteiger partial charge in [0.2, 0.25) is 11.9 Å². The summed E-state index contributed by atoms with van der Waals surface area (Å²) in [5.74, 6) is 0.442. The largest absolute Gasteiger partial charge is 0.342 e. The van der Waals surface area contributed by atoms with Gasteiger partial charge < -0.3 is 10.2 Å². The molecule has 1 aromatic carbocycles. The molecule has 7 heteroatoms. The lowest BCUT2D eigenvalue weighted by Crippen LogP contribution is -2.33. The number of aromatic nitrogens is 2. The Morgan fingerprint density at radius 3 is 2.82 bits per heavy atom. The first kappa shape index (κ1) is 15.1. The molecule has 1 fully saturated rings. The summed E-state index contributed by atoms with van der Waals surface area (Å²) in [5, 5.41) is 3.99. The number of hydrogen-bond acceptors (Lipinski definition) is 4. The van der Waals surface area contributed by atoms with Crippen LogP contribution >= 0.6 is 23.2 Å². The molecule has 1 unspecified atom stereocenters. The van der Waals surface area contributed by atoms with Crippen LogP contribution in [0.25, 0.3) is 0 Å². The normalized spacial score (nSPS) is 17.9. The highest BCUT2D eigenvalue weighted by molar-refractivity contribution is 6.42. The maximum Gasteiger partial charge on any atom is 0.249 e. The van der Waals surface area contributed by atoms with Crippen LogP contribution in [-0.4, -0.2) is 28.5 Å². The second-order valence-corrected chi connectivity index (χ2v) is 5.91. The topological polar surface area (TPSA) is 58.1 Å². The number of aryl methyl sites for hydroxylation is 1. The number of amides is 1. The molecule has 1 amide bonds. The Morgan fingerprint density at radius 1 is 1.27 bits per heavy atom. The van der Waals surface area contributed by atoms with Gasteiger partial charge in [-0.15, -0.1) is 0 Å². The van der Waals surface area contributed by atoms with Crippen molar-refractivity contribution in [2.24, 2.45) is 0 Å². The van der Waals surface area contributed by atoms with Gasteiger partial charge in [-0.25, -0.2) is 9.97 Å². The highest BCUT2D eigenvalue weighted by Crippen LogP contribution is 2.30. The summed E-state index contributed by atoms with van der Waals surface area (Å²) < 4.78 is 0. The highest BCUT2D eigenvalue weighted by Gasteiger charge is 2.33. The van der Waals surface area contributed by atoms with Crippen LogP contribution in [0.3, 0.4) is 0 Å². The first-order valence-corrected chi connectivity index (χ1v) is 7.63. The van der Waals surface area contributed by atoms with Crippen LogP contribution in [0, 0.1) is 6.92 Å². The maximum absolute atomic E-state index is 12.5. The Labute approximate surface area is 138 Å².